The van der Waals surface area contributed by atoms with E-state index in [-0.39, 0.29) is 18.9 Å². The average Bonchev–Trinajstić information content (AvgIpc) is 2.97. The molecule has 0 saturated heterocycles. The van der Waals surface area contributed by atoms with E-state index >= 15 is 0 Å². The quantitative estimate of drug-likeness (QED) is 0.730. The molecule has 0 spiro atoms. The van der Waals surface area contributed by atoms with Crippen LogP contribution in [0.1, 0.15) is 41.8 Å². The fourth-order valence-electron chi connectivity index (χ4n) is 3.15. The van der Waals surface area contributed by atoms with E-state index in [0.717, 1.165) is 12.0 Å². The summed E-state index contributed by atoms with van der Waals surface area (Å²) >= 11 is 0. The maximum atomic E-state index is 12.4. The van der Waals surface area contributed by atoms with Gasteiger partial charge in [0.05, 0.1) is 6.42 Å². The van der Waals surface area contributed by atoms with E-state index in [4.69, 9.17) is 4.74 Å². The lowest BCUT2D eigenvalue weighted by atomic mass is 10.1. The standard InChI is InChI=1S/C23H24N2O4/c1-4-17-9-11-18(12-10-17)24-22(27)16(3)29-21(26)13-14-25-15(2)19-7-5-6-8-20(19)23(25)28/h5-12,16H,2,4,13-14H2,1,3H3,(H,24,27). The lowest BCUT2D eigenvalue weighted by Crippen LogP contribution is -2.32. The van der Waals surface area contributed by atoms with Crippen molar-refractivity contribution in [3.05, 3.63) is 71.8 Å². The molecule has 3 rings (SSSR count). The Bertz CT molecular complexity index is 915. The summed E-state index contributed by atoms with van der Waals surface area (Å²) in [6.07, 6.45) is -0.0519. The van der Waals surface area contributed by atoms with Crippen molar-refractivity contribution in [2.75, 3.05) is 11.9 Å². The van der Waals surface area contributed by atoms with Gasteiger partial charge < -0.3 is 15.0 Å². The highest BCUT2D eigenvalue weighted by Crippen LogP contribution is 2.31. The summed E-state index contributed by atoms with van der Waals surface area (Å²) in [4.78, 5) is 38.3. The van der Waals surface area contributed by atoms with E-state index in [0.29, 0.717) is 16.9 Å². The topological polar surface area (TPSA) is 75.7 Å². The van der Waals surface area contributed by atoms with Gasteiger partial charge in [-0.05, 0) is 37.1 Å². The van der Waals surface area contributed by atoms with Crippen LogP contribution < -0.4 is 5.32 Å². The largest absolute Gasteiger partial charge is 0.452 e. The van der Waals surface area contributed by atoms with Gasteiger partial charge in [-0.25, -0.2) is 0 Å². The number of nitrogens with zero attached hydrogens (tertiary/aromatic N) is 1. The molecule has 1 unspecified atom stereocenters. The minimum atomic E-state index is -0.942. The molecule has 1 N–H and O–H groups in total. The Morgan fingerprint density at radius 3 is 2.38 bits per heavy atom. The molecule has 0 fully saturated rings. The first-order valence-electron chi connectivity index (χ1n) is 9.60. The molecule has 1 heterocycles. The number of fused-ring (bicyclic) bond motifs is 1. The Balaban J connectivity index is 1.49. The molecule has 1 aliphatic rings. The van der Waals surface area contributed by atoms with E-state index < -0.39 is 18.0 Å². The van der Waals surface area contributed by atoms with Crippen molar-refractivity contribution in [1.82, 2.24) is 4.90 Å². The number of aryl methyl sites for hydroxylation is 1. The van der Waals surface area contributed by atoms with Gasteiger partial charge in [0.2, 0.25) is 0 Å². The number of anilines is 1. The van der Waals surface area contributed by atoms with Crippen LogP contribution in [-0.4, -0.2) is 35.3 Å². The number of hydrogen-bond donors (Lipinski definition) is 1. The van der Waals surface area contributed by atoms with Gasteiger partial charge in [0, 0.05) is 29.1 Å². The van der Waals surface area contributed by atoms with Crippen molar-refractivity contribution in [3.63, 3.8) is 0 Å². The summed E-state index contributed by atoms with van der Waals surface area (Å²) in [6, 6.07) is 14.7. The van der Waals surface area contributed by atoms with Gasteiger partial charge in [-0.3, -0.25) is 14.4 Å². The second-order valence-corrected chi connectivity index (χ2v) is 6.87. The summed E-state index contributed by atoms with van der Waals surface area (Å²) < 4.78 is 5.22. The van der Waals surface area contributed by atoms with Gasteiger partial charge in [-0.15, -0.1) is 0 Å². The van der Waals surface area contributed by atoms with Gasteiger partial charge in [0.25, 0.3) is 11.8 Å². The van der Waals surface area contributed by atoms with Crippen LogP contribution in [0.15, 0.2) is 55.1 Å². The molecule has 150 valence electrons. The number of hydrogen-bond acceptors (Lipinski definition) is 4. The Morgan fingerprint density at radius 1 is 1.10 bits per heavy atom. The fourth-order valence-corrected chi connectivity index (χ4v) is 3.15. The molecule has 6 heteroatoms. The van der Waals surface area contributed by atoms with E-state index in [1.165, 1.54) is 17.4 Å². The first-order chi connectivity index (χ1) is 13.9. The Kier molecular flexibility index (Phi) is 6.12. The molecule has 0 aromatic heterocycles. The average molecular weight is 392 g/mol. The number of rotatable bonds is 7. The van der Waals surface area contributed by atoms with Crippen molar-refractivity contribution >= 4 is 29.2 Å². The van der Waals surface area contributed by atoms with Gasteiger partial charge in [0.15, 0.2) is 6.10 Å². The molecule has 0 radical (unpaired) electrons. The van der Waals surface area contributed by atoms with Gasteiger partial charge >= 0.3 is 5.97 Å². The van der Waals surface area contributed by atoms with E-state index in [2.05, 4.69) is 18.8 Å². The molecule has 2 aromatic rings. The molecule has 0 aliphatic carbocycles. The minimum absolute atomic E-state index is 0.0262. The first-order valence-corrected chi connectivity index (χ1v) is 9.60. The Hall–Kier alpha value is -3.41. The normalized spacial score (nSPS) is 13.8. The summed E-state index contributed by atoms with van der Waals surface area (Å²) in [7, 11) is 0. The number of carbonyl (C=O) groups excluding carboxylic acids is 3. The van der Waals surface area contributed by atoms with Crippen molar-refractivity contribution in [2.45, 2.75) is 32.8 Å². The fraction of sp³-hybridized carbons (Fsp3) is 0.261. The van der Waals surface area contributed by atoms with Crippen LogP contribution in [-0.2, 0) is 20.7 Å². The second-order valence-electron chi connectivity index (χ2n) is 6.87. The highest BCUT2D eigenvalue weighted by atomic mass is 16.5. The maximum absolute atomic E-state index is 12.4. The molecule has 0 saturated carbocycles. The molecule has 1 atom stereocenters. The van der Waals surface area contributed by atoms with Crippen LogP contribution in [0.5, 0.6) is 0 Å². The number of ether oxygens (including phenoxy) is 1. The zero-order chi connectivity index (χ0) is 21.0. The van der Waals surface area contributed by atoms with Crippen LogP contribution >= 0.6 is 0 Å². The van der Waals surface area contributed by atoms with Crippen LogP contribution in [0.3, 0.4) is 0 Å². The van der Waals surface area contributed by atoms with Crippen LogP contribution in [0.2, 0.25) is 0 Å². The highest BCUT2D eigenvalue weighted by Gasteiger charge is 2.31. The number of amides is 2. The maximum Gasteiger partial charge on any atom is 0.308 e. The van der Waals surface area contributed by atoms with Crippen molar-refractivity contribution in [2.24, 2.45) is 0 Å². The SMILES string of the molecule is C=C1c2ccccc2C(=O)N1CCC(=O)OC(C)C(=O)Nc1ccc(CC)cc1. The Labute approximate surface area is 170 Å². The van der Waals surface area contributed by atoms with Crippen molar-refractivity contribution in [3.8, 4) is 0 Å². The molecule has 2 amide bonds. The van der Waals surface area contributed by atoms with Gasteiger partial charge in [0.1, 0.15) is 0 Å². The predicted octanol–water partition coefficient (Wildman–Crippen LogP) is 3.64. The highest BCUT2D eigenvalue weighted by molar-refractivity contribution is 6.08. The van der Waals surface area contributed by atoms with Crippen molar-refractivity contribution in [1.29, 1.82) is 0 Å². The monoisotopic (exact) mass is 392 g/mol. The molecule has 29 heavy (non-hydrogen) atoms. The zero-order valence-corrected chi connectivity index (χ0v) is 16.6. The van der Waals surface area contributed by atoms with E-state index in [1.54, 1.807) is 12.1 Å². The third kappa shape index (κ3) is 4.54. The number of benzene rings is 2. The minimum Gasteiger partial charge on any atom is -0.452 e. The lowest BCUT2D eigenvalue weighted by Gasteiger charge is -2.18. The number of carbonyl (C=O) groups is 3. The lowest BCUT2D eigenvalue weighted by molar-refractivity contribution is -0.153. The third-order valence-electron chi connectivity index (χ3n) is 4.89. The predicted molar refractivity (Wildman–Crippen MR) is 111 cm³/mol. The molecular weight excluding hydrogens is 368 g/mol. The summed E-state index contributed by atoms with van der Waals surface area (Å²) in [6.45, 7) is 7.66. The smallest absolute Gasteiger partial charge is 0.308 e. The van der Waals surface area contributed by atoms with Crippen molar-refractivity contribution < 1.29 is 19.1 Å². The molecule has 2 aromatic carbocycles. The van der Waals surface area contributed by atoms with Crippen LogP contribution in [0, 0.1) is 0 Å². The molecule has 0 bridgehead atoms. The van der Waals surface area contributed by atoms with E-state index in [1.807, 2.05) is 36.4 Å². The van der Waals surface area contributed by atoms with E-state index in [9.17, 15) is 14.4 Å². The third-order valence-corrected chi connectivity index (χ3v) is 4.89. The summed E-state index contributed by atoms with van der Waals surface area (Å²) in [5.74, 6) is -1.14. The molecule has 6 nitrogen and oxygen atoms in total. The number of nitrogens with one attached hydrogen (secondary N) is 1. The van der Waals surface area contributed by atoms with Gasteiger partial charge in [-0.1, -0.05) is 43.8 Å². The Morgan fingerprint density at radius 2 is 1.76 bits per heavy atom. The zero-order valence-electron chi connectivity index (χ0n) is 16.6. The number of esters is 1. The van der Waals surface area contributed by atoms with Crippen LogP contribution in [0.4, 0.5) is 5.69 Å². The summed E-state index contributed by atoms with van der Waals surface area (Å²) in [5, 5.41) is 2.73. The first kappa shape index (κ1) is 20.3. The second kappa shape index (κ2) is 8.73. The molecular formula is C23H24N2O4. The van der Waals surface area contributed by atoms with Crippen LogP contribution in [0.25, 0.3) is 5.70 Å². The summed E-state index contributed by atoms with van der Waals surface area (Å²) in [5.41, 5.74) is 3.73. The molecule has 1 aliphatic heterocycles. The van der Waals surface area contributed by atoms with Gasteiger partial charge in [-0.2, -0.15) is 0 Å².